The van der Waals surface area contributed by atoms with E-state index in [1.54, 1.807) is 36.9 Å². The van der Waals surface area contributed by atoms with Crippen LogP contribution in [-0.2, 0) is 9.59 Å². The van der Waals surface area contributed by atoms with Gasteiger partial charge in [0.25, 0.3) is 5.91 Å². The fourth-order valence-corrected chi connectivity index (χ4v) is 3.83. The minimum atomic E-state index is -0.734. The highest BCUT2D eigenvalue weighted by atomic mass is 16.2. The van der Waals surface area contributed by atoms with Crippen LogP contribution in [0.5, 0.6) is 0 Å². The second kappa shape index (κ2) is 9.02. The van der Waals surface area contributed by atoms with Crippen molar-refractivity contribution in [3.05, 3.63) is 36.9 Å². The van der Waals surface area contributed by atoms with Gasteiger partial charge in [0.2, 0.25) is 11.9 Å². The first-order chi connectivity index (χ1) is 15.1. The van der Waals surface area contributed by atoms with E-state index in [1.165, 1.54) is 0 Å². The zero-order valence-electron chi connectivity index (χ0n) is 17.0. The molecule has 3 saturated heterocycles. The summed E-state index contributed by atoms with van der Waals surface area (Å²) in [5.74, 6) is 1.51. The third kappa shape index (κ3) is 4.76. The van der Waals surface area contributed by atoms with Crippen molar-refractivity contribution in [2.24, 2.45) is 0 Å². The lowest BCUT2D eigenvalue weighted by Gasteiger charge is -2.36. The lowest BCUT2D eigenvalue weighted by atomic mass is 9.88. The molecule has 11 nitrogen and oxygen atoms in total. The summed E-state index contributed by atoms with van der Waals surface area (Å²) in [6.45, 7) is 2.81. The number of hydrogen-bond acceptors (Lipinski definition) is 9. The van der Waals surface area contributed by atoms with Crippen molar-refractivity contribution in [1.82, 2.24) is 30.6 Å². The Hall–Kier alpha value is -3.63. The van der Waals surface area contributed by atoms with E-state index >= 15 is 0 Å². The third-order valence-corrected chi connectivity index (χ3v) is 5.62. The third-order valence-electron chi connectivity index (χ3n) is 5.62. The number of urea groups is 1. The Balaban J connectivity index is 0.000000158. The summed E-state index contributed by atoms with van der Waals surface area (Å²) in [4.78, 5) is 54.6. The van der Waals surface area contributed by atoms with Crippen LogP contribution in [-0.4, -0.2) is 69.4 Å². The molecule has 3 aliphatic rings. The first-order valence-corrected chi connectivity index (χ1v) is 10.2. The van der Waals surface area contributed by atoms with Gasteiger partial charge in [0.1, 0.15) is 11.3 Å². The molecule has 2 aromatic heterocycles. The molecule has 5 rings (SSSR count). The fraction of sp³-hybridized carbons (Fsp3) is 0.450. The molecule has 31 heavy (non-hydrogen) atoms. The number of nitrogens with one attached hydrogen (secondary N) is 2. The maximum atomic E-state index is 11.8. The Morgan fingerprint density at radius 1 is 0.742 bits per heavy atom. The summed E-state index contributed by atoms with van der Waals surface area (Å²) in [6.07, 6.45) is 9.22. The molecule has 0 aromatic carbocycles. The van der Waals surface area contributed by atoms with Crippen LogP contribution >= 0.6 is 0 Å². The minimum absolute atomic E-state index is 0.221. The molecule has 0 saturated carbocycles. The first kappa shape index (κ1) is 20.6. The molecule has 0 radical (unpaired) electrons. The van der Waals surface area contributed by atoms with Crippen molar-refractivity contribution in [3.8, 4) is 0 Å². The number of amides is 3. The van der Waals surface area contributed by atoms with Crippen LogP contribution in [0.4, 0.5) is 16.7 Å². The summed E-state index contributed by atoms with van der Waals surface area (Å²) in [5.41, 5.74) is -0.734. The van der Waals surface area contributed by atoms with E-state index in [2.05, 4.69) is 30.6 Å². The number of rotatable bonds is 2. The number of piperidine rings is 2. The average Bonchev–Trinajstić information content (AvgIpc) is 3.08. The maximum absolute atomic E-state index is 11.8. The highest BCUT2D eigenvalue weighted by Gasteiger charge is 2.48. The maximum Gasteiger partial charge on any atom is 0.322 e. The molecule has 1 spiro atoms. The normalized spacial score (nSPS) is 20.1. The van der Waals surface area contributed by atoms with Gasteiger partial charge in [0.05, 0.1) is 0 Å². The van der Waals surface area contributed by atoms with Gasteiger partial charge < -0.3 is 15.1 Å². The quantitative estimate of drug-likeness (QED) is 0.653. The zero-order chi connectivity index (χ0) is 21.7. The summed E-state index contributed by atoms with van der Waals surface area (Å²) >= 11 is 0. The van der Waals surface area contributed by atoms with Crippen LogP contribution in [0, 0.1) is 0 Å². The van der Waals surface area contributed by atoms with E-state index in [0.29, 0.717) is 50.5 Å². The van der Waals surface area contributed by atoms with Crippen molar-refractivity contribution in [3.63, 3.8) is 0 Å². The summed E-state index contributed by atoms with van der Waals surface area (Å²) < 4.78 is 0. The van der Waals surface area contributed by atoms with Crippen LogP contribution in [0.25, 0.3) is 0 Å². The lowest BCUT2D eigenvalue weighted by molar-refractivity contribution is -0.124. The van der Waals surface area contributed by atoms with Crippen LogP contribution in [0.3, 0.4) is 0 Å². The van der Waals surface area contributed by atoms with Crippen molar-refractivity contribution < 1.29 is 14.4 Å². The lowest BCUT2D eigenvalue weighted by Crippen LogP contribution is -2.55. The molecule has 162 valence electrons. The molecule has 2 aromatic rings. The highest BCUT2D eigenvalue weighted by Crippen LogP contribution is 2.26. The summed E-state index contributed by atoms with van der Waals surface area (Å²) in [6, 6.07) is 3.16. The Morgan fingerprint density at radius 2 is 1.23 bits per heavy atom. The van der Waals surface area contributed by atoms with E-state index in [0.717, 1.165) is 19.0 Å². The molecule has 0 bridgehead atoms. The van der Waals surface area contributed by atoms with Crippen LogP contribution in [0.15, 0.2) is 36.9 Å². The largest absolute Gasteiger partial charge is 0.341 e. The van der Waals surface area contributed by atoms with Crippen molar-refractivity contribution >= 4 is 29.6 Å². The van der Waals surface area contributed by atoms with Crippen LogP contribution in [0.1, 0.15) is 25.7 Å². The van der Waals surface area contributed by atoms with Crippen molar-refractivity contribution in [1.29, 1.82) is 0 Å². The Labute approximate surface area is 179 Å². The number of nitrogens with zero attached hydrogens (tertiary/aromatic N) is 6. The van der Waals surface area contributed by atoms with E-state index in [-0.39, 0.29) is 5.91 Å². The molecule has 3 amide bonds. The van der Waals surface area contributed by atoms with Crippen molar-refractivity contribution in [2.75, 3.05) is 36.0 Å². The van der Waals surface area contributed by atoms with E-state index in [1.807, 2.05) is 9.80 Å². The molecule has 3 fully saturated rings. The van der Waals surface area contributed by atoms with E-state index in [4.69, 9.17) is 0 Å². The van der Waals surface area contributed by atoms with E-state index in [9.17, 15) is 14.4 Å². The van der Waals surface area contributed by atoms with Gasteiger partial charge in [-0.25, -0.2) is 24.7 Å². The number of imide groups is 1. The molecule has 11 heteroatoms. The molecule has 0 aliphatic carbocycles. The number of ketones is 1. The van der Waals surface area contributed by atoms with Gasteiger partial charge in [-0.2, -0.15) is 0 Å². The molecule has 0 unspecified atom stereocenters. The highest BCUT2D eigenvalue weighted by molar-refractivity contribution is 6.07. The van der Waals surface area contributed by atoms with Crippen LogP contribution < -0.4 is 20.4 Å². The average molecular weight is 424 g/mol. The Morgan fingerprint density at radius 3 is 1.68 bits per heavy atom. The Bertz CT molecular complexity index is 922. The van der Waals surface area contributed by atoms with Gasteiger partial charge in [0.15, 0.2) is 0 Å². The predicted molar refractivity (Wildman–Crippen MR) is 111 cm³/mol. The first-order valence-electron chi connectivity index (χ1n) is 10.2. The number of hydrogen-bond donors (Lipinski definition) is 2. The van der Waals surface area contributed by atoms with Gasteiger partial charge in [0, 0.05) is 63.8 Å². The second-order valence-corrected chi connectivity index (χ2v) is 7.60. The number of aromatic nitrogens is 4. The standard InChI is InChI=1S/C11H13N5O2.C9H11N3O/c17-8-11(15-10(18)14-8)2-6-16(7-3-11)9-12-4-1-5-13-9;13-8-2-6-12(7-3-8)9-10-4-1-5-11-9/h1,4-5H,2-3,6-7H2,(H2,14,15,17,18);1,4-5H,2-3,6-7H2. The van der Waals surface area contributed by atoms with Gasteiger partial charge >= 0.3 is 6.03 Å². The molecule has 5 heterocycles. The van der Waals surface area contributed by atoms with Crippen LogP contribution in [0.2, 0.25) is 0 Å². The fourth-order valence-electron chi connectivity index (χ4n) is 3.83. The van der Waals surface area contributed by atoms with Gasteiger partial charge in [-0.15, -0.1) is 0 Å². The van der Waals surface area contributed by atoms with Gasteiger partial charge in [-0.1, -0.05) is 0 Å². The minimum Gasteiger partial charge on any atom is -0.341 e. The van der Waals surface area contributed by atoms with Gasteiger partial charge in [-0.05, 0) is 25.0 Å². The summed E-state index contributed by atoms with van der Waals surface area (Å²) in [5, 5.41) is 5.02. The number of Topliss-reactive ketones (excluding diaryl/α,β-unsaturated/α-hetero) is 1. The monoisotopic (exact) mass is 424 g/mol. The molecule has 3 aliphatic heterocycles. The topological polar surface area (TPSA) is 133 Å². The van der Waals surface area contributed by atoms with E-state index < -0.39 is 11.6 Å². The predicted octanol–water partition coefficient (Wildman–Crippen LogP) is 0.301. The SMILES string of the molecule is O=C1CCN(c2ncccn2)CC1.O=C1NC(=O)C2(CCN(c3ncccn3)CC2)N1. The van der Waals surface area contributed by atoms with Gasteiger partial charge in [-0.3, -0.25) is 14.9 Å². The number of anilines is 2. The number of carbonyl (C=O) groups is 3. The number of carbonyl (C=O) groups excluding carboxylic acids is 3. The Kier molecular flexibility index (Phi) is 6.01. The smallest absolute Gasteiger partial charge is 0.322 e. The molecule has 0 atom stereocenters. The van der Waals surface area contributed by atoms with Crippen molar-refractivity contribution in [2.45, 2.75) is 31.2 Å². The zero-order valence-corrected chi connectivity index (χ0v) is 17.0. The summed E-state index contributed by atoms with van der Waals surface area (Å²) in [7, 11) is 0. The molecular formula is C20H24N8O3. The molecule has 2 N–H and O–H groups in total. The second-order valence-electron chi connectivity index (χ2n) is 7.60. The molecular weight excluding hydrogens is 400 g/mol.